The van der Waals surface area contributed by atoms with Crippen molar-refractivity contribution < 1.29 is 4.79 Å². The van der Waals surface area contributed by atoms with Gasteiger partial charge in [-0.3, -0.25) is 0 Å². The second kappa shape index (κ2) is 7.43. The summed E-state index contributed by atoms with van der Waals surface area (Å²) in [4.78, 5) is 24.5. The molecule has 2 amide bonds. The van der Waals surface area contributed by atoms with Crippen LogP contribution >= 0.6 is 23.2 Å². The molecule has 0 spiro atoms. The lowest BCUT2D eigenvalue weighted by atomic mass is 10.2. The van der Waals surface area contributed by atoms with E-state index < -0.39 is 6.03 Å². The number of carbonyl (C=O) groups is 1. The van der Waals surface area contributed by atoms with E-state index in [-0.39, 0.29) is 0 Å². The van der Waals surface area contributed by atoms with Crippen molar-refractivity contribution in [1.82, 2.24) is 34.6 Å². The highest BCUT2D eigenvalue weighted by Gasteiger charge is 2.24. The molecule has 0 saturated carbocycles. The molecular formula is C17H14Cl2N10O. The van der Waals surface area contributed by atoms with Gasteiger partial charge in [-0.2, -0.15) is 15.3 Å². The summed E-state index contributed by atoms with van der Waals surface area (Å²) in [5.41, 5.74) is 2.29. The zero-order valence-electron chi connectivity index (χ0n) is 15.3. The second-order valence-corrected chi connectivity index (χ2v) is 7.30. The van der Waals surface area contributed by atoms with Gasteiger partial charge in [0.1, 0.15) is 10.8 Å². The molecule has 1 fully saturated rings. The number of amides is 2. The van der Waals surface area contributed by atoms with Crippen LogP contribution in [0.15, 0.2) is 37.1 Å². The molecule has 0 atom stereocenters. The average Bonchev–Trinajstić information content (AvgIpc) is 3.31. The Morgan fingerprint density at radius 1 is 1.07 bits per heavy atom. The standard InChI is InChI=1S/C17H14Cl2N10O/c18-11-6-10(7-20-15(11)29-21-2-3-22-29)24-17(30)25-12-8-23-28-9-13(19)26-16(28)14(12)27-4-1-5-27/h2-3,6-9H,1,4-5H2,(H2,24,25,30). The van der Waals surface area contributed by atoms with Crippen LogP contribution in [-0.4, -0.2) is 53.7 Å². The van der Waals surface area contributed by atoms with Crippen LogP contribution in [0.4, 0.5) is 21.9 Å². The highest BCUT2D eigenvalue weighted by atomic mass is 35.5. The Morgan fingerprint density at radius 3 is 2.57 bits per heavy atom. The zero-order valence-corrected chi connectivity index (χ0v) is 16.8. The molecule has 0 bridgehead atoms. The monoisotopic (exact) mass is 444 g/mol. The summed E-state index contributed by atoms with van der Waals surface area (Å²) in [6.07, 6.45) is 8.76. The van der Waals surface area contributed by atoms with Gasteiger partial charge < -0.3 is 15.5 Å². The maximum atomic E-state index is 12.6. The normalized spacial score (nSPS) is 13.3. The van der Waals surface area contributed by atoms with E-state index in [1.54, 1.807) is 23.0 Å². The van der Waals surface area contributed by atoms with Gasteiger partial charge in [-0.05, 0) is 12.5 Å². The summed E-state index contributed by atoms with van der Waals surface area (Å²) in [7, 11) is 0. The Kier molecular flexibility index (Phi) is 4.60. The summed E-state index contributed by atoms with van der Waals surface area (Å²) in [6, 6.07) is 1.10. The smallest absolute Gasteiger partial charge is 0.323 e. The molecule has 13 heteroatoms. The third kappa shape index (κ3) is 3.37. The van der Waals surface area contributed by atoms with Crippen LogP contribution in [0.5, 0.6) is 0 Å². The van der Waals surface area contributed by atoms with Gasteiger partial charge in [0.25, 0.3) is 0 Å². The van der Waals surface area contributed by atoms with E-state index in [1.165, 1.54) is 23.4 Å². The van der Waals surface area contributed by atoms with Crippen molar-refractivity contribution in [2.45, 2.75) is 6.42 Å². The van der Waals surface area contributed by atoms with Gasteiger partial charge in [-0.1, -0.05) is 23.2 Å². The number of pyridine rings is 1. The Bertz CT molecular complexity index is 1240. The quantitative estimate of drug-likeness (QED) is 0.496. The topological polar surface area (TPSA) is 118 Å². The molecule has 0 aliphatic carbocycles. The first-order chi connectivity index (χ1) is 14.6. The van der Waals surface area contributed by atoms with Gasteiger partial charge in [0.05, 0.1) is 47.4 Å². The van der Waals surface area contributed by atoms with Crippen molar-refractivity contribution in [2.24, 2.45) is 0 Å². The number of aromatic nitrogens is 7. The van der Waals surface area contributed by atoms with Gasteiger partial charge in [0, 0.05) is 13.1 Å². The Morgan fingerprint density at radius 2 is 1.87 bits per heavy atom. The van der Waals surface area contributed by atoms with Gasteiger partial charge in [0.15, 0.2) is 11.5 Å². The first-order valence-corrected chi connectivity index (χ1v) is 9.73. The molecule has 11 nitrogen and oxygen atoms in total. The van der Waals surface area contributed by atoms with Crippen molar-refractivity contribution in [2.75, 3.05) is 28.6 Å². The first kappa shape index (κ1) is 18.6. The Balaban J connectivity index is 1.38. The third-order valence-corrected chi connectivity index (χ3v) is 5.01. The van der Waals surface area contributed by atoms with E-state index in [1.807, 2.05) is 0 Å². The average molecular weight is 445 g/mol. The molecule has 4 aromatic heterocycles. The summed E-state index contributed by atoms with van der Waals surface area (Å²) in [5.74, 6) is 0.360. The van der Waals surface area contributed by atoms with Crippen LogP contribution in [-0.2, 0) is 0 Å². The first-order valence-electron chi connectivity index (χ1n) is 8.97. The minimum absolute atomic E-state index is 0.292. The third-order valence-electron chi connectivity index (χ3n) is 4.55. The van der Waals surface area contributed by atoms with Crippen molar-refractivity contribution in [3.63, 3.8) is 0 Å². The number of hydrogen-bond donors (Lipinski definition) is 2. The van der Waals surface area contributed by atoms with Crippen LogP contribution < -0.4 is 15.5 Å². The largest absolute Gasteiger partial charge is 0.367 e. The van der Waals surface area contributed by atoms with Crippen LogP contribution in [0.2, 0.25) is 10.2 Å². The Hall–Kier alpha value is -3.44. The molecule has 0 unspecified atom stereocenters. The molecule has 5 rings (SSSR count). The molecule has 0 aromatic carbocycles. The van der Waals surface area contributed by atoms with Crippen LogP contribution in [0, 0.1) is 0 Å². The number of nitrogens with one attached hydrogen (secondary N) is 2. The number of nitrogens with zero attached hydrogens (tertiary/aromatic N) is 8. The minimum Gasteiger partial charge on any atom is -0.367 e. The lowest BCUT2D eigenvalue weighted by Gasteiger charge is -2.34. The predicted octanol–water partition coefficient (Wildman–Crippen LogP) is 2.87. The molecule has 1 saturated heterocycles. The number of carbonyl (C=O) groups excluding carboxylic acids is 1. The van der Waals surface area contributed by atoms with Gasteiger partial charge in [-0.25, -0.2) is 19.3 Å². The Labute approximate surface area is 179 Å². The minimum atomic E-state index is -0.469. The molecule has 2 N–H and O–H groups in total. The number of hydrogen-bond acceptors (Lipinski definition) is 7. The highest BCUT2D eigenvalue weighted by molar-refractivity contribution is 6.32. The molecule has 30 heavy (non-hydrogen) atoms. The van der Waals surface area contributed by atoms with Crippen LogP contribution in [0.1, 0.15) is 6.42 Å². The fourth-order valence-corrected chi connectivity index (χ4v) is 3.51. The number of halogens is 2. The molecule has 1 aliphatic heterocycles. The van der Waals surface area contributed by atoms with Crippen molar-refractivity contribution in [3.05, 3.63) is 47.2 Å². The van der Waals surface area contributed by atoms with Crippen LogP contribution in [0.25, 0.3) is 11.5 Å². The summed E-state index contributed by atoms with van der Waals surface area (Å²) in [5, 5.41) is 18.4. The van der Waals surface area contributed by atoms with Crippen LogP contribution in [0.3, 0.4) is 0 Å². The van der Waals surface area contributed by atoms with Crippen molar-refractivity contribution in [1.29, 1.82) is 0 Å². The number of anilines is 3. The molecule has 0 radical (unpaired) electrons. The molecule has 1 aliphatic rings. The summed E-state index contributed by atoms with van der Waals surface area (Å²) in [6.45, 7) is 1.73. The van der Waals surface area contributed by atoms with E-state index in [9.17, 15) is 4.79 Å². The van der Waals surface area contributed by atoms with Gasteiger partial charge in [-0.15, -0.1) is 4.80 Å². The van der Waals surface area contributed by atoms with E-state index in [0.29, 0.717) is 33.0 Å². The van der Waals surface area contributed by atoms with E-state index in [4.69, 9.17) is 23.2 Å². The fraction of sp³-hybridized carbons (Fsp3) is 0.176. The maximum absolute atomic E-state index is 12.6. The molecule has 152 valence electrons. The summed E-state index contributed by atoms with van der Waals surface area (Å²) >= 11 is 12.3. The number of rotatable bonds is 4. The number of fused-ring (bicyclic) bond motifs is 1. The van der Waals surface area contributed by atoms with Gasteiger partial charge in [0.2, 0.25) is 0 Å². The maximum Gasteiger partial charge on any atom is 0.323 e. The molecular weight excluding hydrogens is 431 g/mol. The van der Waals surface area contributed by atoms with E-state index >= 15 is 0 Å². The second-order valence-electron chi connectivity index (χ2n) is 6.51. The van der Waals surface area contributed by atoms with Crippen molar-refractivity contribution >= 4 is 51.9 Å². The van der Waals surface area contributed by atoms with E-state index in [0.717, 1.165) is 25.2 Å². The lowest BCUT2D eigenvalue weighted by molar-refractivity contribution is 0.262. The number of imidazole rings is 1. The SMILES string of the molecule is O=C(Nc1cnc(-n2nccn2)c(Cl)c1)Nc1cnn2cc(Cl)nc2c1N1CCC1. The fourth-order valence-electron chi connectivity index (χ4n) is 3.09. The number of urea groups is 1. The van der Waals surface area contributed by atoms with Gasteiger partial charge >= 0.3 is 6.03 Å². The zero-order chi connectivity index (χ0) is 20.7. The van der Waals surface area contributed by atoms with Crippen molar-refractivity contribution in [3.8, 4) is 5.82 Å². The predicted molar refractivity (Wildman–Crippen MR) is 112 cm³/mol. The van der Waals surface area contributed by atoms with E-state index in [2.05, 4.69) is 40.8 Å². The highest BCUT2D eigenvalue weighted by Crippen LogP contribution is 2.33. The summed E-state index contributed by atoms with van der Waals surface area (Å²) < 4.78 is 1.59. The molecule has 5 heterocycles. The molecule has 4 aromatic rings. The lowest BCUT2D eigenvalue weighted by Crippen LogP contribution is -2.38.